The number of rotatable bonds is 2. The number of hydrogen-bond acceptors (Lipinski definition) is 8. The molecule has 0 aliphatic carbocycles. The van der Waals surface area contributed by atoms with Crippen molar-refractivity contribution in [2.45, 2.75) is 13.0 Å². The van der Waals surface area contributed by atoms with E-state index in [-0.39, 0.29) is 11.9 Å². The summed E-state index contributed by atoms with van der Waals surface area (Å²) in [5.74, 6) is 0.746. The molecule has 9 heteroatoms. The number of nitrogens with one attached hydrogen (secondary N) is 3. The van der Waals surface area contributed by atoms with Crippen molar-refractivity contribution in [3.05, 3.63) is 41.5 Å². The molecule has 0 unspecified atom stereocenters. The molecule has 5 heterocycles. The number of fused-ring (bicyclic) bond motifs is 5. The first-order valence-electron chi connectivity index (χ1n) is 10.9. The molecule has 0 spiro atoms. The lowest BCUT2D eigenvalue weighted by Gasteiger charge is -2.27. The van der Waals surface area contributed by atoms with Crippen molar-refractivity contribution in [2.24, 2.45) is 0 Å². The number of piperazine rings is 1. The Kier molecular flexibility index (Phi) is 4.65. The summed E-state index contributed by atoms with van der Waals surface area (Å²) in [6.45, 7) is 6.44. The molecule has 1 saturated heterocycles. The smallest absolute Gasteiger partial charge is 0.263 e. The first kappa shape index (κ1) is 19.4. The Morgan fingerprint density at radius 3 is 2.72 bits per heavy atom. The third kappa shape index (κ3) is 3.25. The summed E-state index contributed by atoms with van der Waals surface area (Å²) in [6, 6.07) is 8.25. The maximum Gasteiger partial charge on any atom is 0.263 e. The molecular weight excluding hydrogens is 422 g/mol. The van der Waals surface area contributed by atoms with Gasteiger partial charge in [-0.3, -0.25) is 4.79 Å². The van der Waals surface area contributed by atoms with Crippen LogP contribution < -0.4 is 20.9 Å². The Bertz CT molecular complexity index is 1330. The van der Waals surface area contributed by atoms with Gasteiger partial charge in [0, 0.05) is 72.2 Å². The Morgan fingerprint density at radius 1 is 1.09 bits per heavy atom. The fourth-order valence-electron chi connectivity index (χ4n) is 4.37. The van der Waals surface area contributed by atoms with Crippen LogP contribution in [-0.2, 0) is 0 Å². The summed E-state index contributed by atoms with van der Waals surface area (Å²) in [7, 11) is 0. The van der Waals surface area contributed by atoms with E-state index in [9.17, 15) is 4.79 Å². The molecule has 1 aromatic carbocycles. The van der Waals surface area contributed by atoms with Crippen LogP contribution in [-0.4, -0.2) is 59.6 Å². The SMILES string of the molecule is C[C@@H]1CNc2c(sc3ccc4nc(-c5cnc(N6CCNCC6)nc5)ccc4c23)C(=O)N1. The number of nitrogens with zero attached hydrogens (tertiary/aromatic N) is 4. The van der Waals surface area contributed by atoms with Gasteiger partial charge in [0.05, 0.1) is 16.9 Å². The van der Waals surface area contributed by atoms with Crippen LogP contribution >= 0.6 is 11.3 Å². The van der Waals surface area contributed by atoms with Gasteiger partial charge in [0.2, 0.25) is 5.95 Å². The molecule has 8 nitrogen and oxygen atoms in total. The number of hydrogen-bond donors (Lipinski definition) is 3. The Morgan fingerprint density at radius 2 is 1.91 bits per heavy atom. The summed E-state index contributed by atoms with van der Waals surface area (Å²) in [5.41, 5.74) is 3.53. The summed E-state index contributed by atoms with van der Waals surface area (Å²) in [5, 5.41) is 12.0. The average molecular weight is 446 g/mol. The van der Waals surface area contributed by atoms with Crippen LogP contribution in [0, 0.1) is 0 Å². The average Bonchev–Trinajstić information content (AvgIpc) is 3.16. The number of benzene rings is 1. The highest BCUT2D eigenvalue weighted by atomic mass is 32.1. The maximum absolute atomic E-state index is 12.6. The van der Waals surface area contributed by atoms with Gasteiger partial charge in [-0.25, -0.2) is 15.0 Å². The summed E-state index contributed by atoms with van der Waals surface area (Å²) >= 11 is 1.52. The largest absolute Gasteiger partial charge is 0.381 e. The molecule has 2 aliphatic heterocycles. The van der Waals surface area contributed by atoms with Gasteiger partial charge in [0.15, 0.2) is 0 Å². The van der Waals surface area contributed by atoms with Crippen molar-refractivity contribution >= 4 is 49.9 Å². The van der Waals surface area contributed by atoms with E-state index in [0.717, 1.165) is 74.9 Å². The number of carbonyl (C=O) groups excluding carboxylic acids is 1. The highest BCUT2D eigenvalue weighted by Crippen LogP contribution is 2.41. The van der Waals surface area contributed by atoms with E-state index in [4.69, 9.17) is 4.98 Å². The van der Waals surface area contributed by atoms with Gasteiger partial charge in [-0.15, -0.1) is 11.3 Å². The van der Waals surface area contributed by atoms with Gasteiger partial charge in [-0.05, 0) is 31.2 Å². The molecule has 1 fully saturated rings. The minimum Gasteiger partial charge on any atom is -0.381 e. The number of amides is 1. The van der Waals surface area contributed by atoms with E-state index in [0.29, 0.717) is 6.54 Å². The van der Waals surface area contributed by atoms with Gasteiger partial charge in [0.1, 0.15) is 4.88 Å². The van der Waals surface area contributed by atoms with Crippen molar-refractivity contribution in [2.75, 3.05) is 42.9 Å². The van der Waals surface area contributed by atoms with E-state index in [1.807, 2.05) is 31.5 Å². The molecule has 32 heavy (non-hydrogen) atoms. The molecule has 2 aliphatic rings. The van der Waals surface area contributed by atoms with Crippen molar-refractivity contribution in [3.63, 3.8) is 0 Å². The van der Waals surface area contributed by atoms with Gasteiger partial charge < -0.3 is 20.9 Å². The number of thiophene rings is 1. The summed E-state index contributed by atoms with van der Waals surface area (Å²) in [6.07, 6.45) is 3.70. The third-order valence-corrected chi connectivity index (χ3v) is 7.18. The van der Waals surface area contributed by atoms with Crippen molar-refractivity contribution in [1.82, 2.24) is 25.6 Å². The Hall–Kier alpha value is -3.30. The summed E-state index contributed by atoms with van der Waals surface area (Å²) in [4.78, 5) is 29.6. The zero-order valence-electron chi connectivity index (χ0n) is 17.7. The minimum absolute atomic E-state index is 0.0156. The molecule has 0 saturated carbocycles. The Labute approximate surface area is 189 Å². The molecular formula is C23H23N7OS. The van der Waals surface area contributed by atoms with Gasteiger partial charge in [-0.2, -0.15) is 0 Å². The van der Waals surface area contributed by atoms with Crippen molar-refractivity contribution in [3.8, 4) is 11.3 Å². The van der Waals surface area contributed by atoms with E-state index in [1.54, 1.807) is 0 Å². The number of anilines is 2. The zero-order chi connectivity index (χ0) is 21.7. The van der Waals surface area contributed by atoms with Crippen LogP contribution in [0.5, 0.6) is 0 Å². The van der Waals surface area contributed by atoms with Crippen LogP contribution in [0.25, 0.3) is 32.2 Å². The zero-order valence-corrected chi connectivity index (χ0v) is 18.5. The third-order valence-electron chi connectivity index (χ3n) is 6.02. The lowest BCUT2D eigenvalue weighted by atomic mass is 10.1. The lowest BCUT2D eigenvalue weighted by Crippen LogP contribution is -2.44. The minimum atomic E-state index is -0.0156. The highest BCUT2D eigenvalue weighted by Gasteiger charge is 2.24. The quantitative estimate of drug-likeness (QED) is 0.437. The molecule has 3 aromatic heterocycles. The maximum atomic E-state index is 12.6. The molecule has 162 valence electrons. The molecule has 6 rings (SSSR count). The molecule has 1 amide bonds. The first-order valence-corrected chi connectivity index (χ1v) is 11.7. The van der Waals surface area contributed by atoms with Crippen LogP contribution in [0.4, 0.5) is 11.6 Å². The van der Waals surface area contributed by atoms with Gasteiger partial charge in [-0.1, -0.05) is 0 Å². The lowest BCUT2D eigenvalue weighted by molar-refractivity contribution is 0.0949. The summed E-state index contributed by atoms with van der Waals surface area (Å²) < 4.78 is 1.08. The van der Waals surface area contributed by atoms with Crippen LogP contribution in [0.15, 0.2) is 36.7 Å². The predicted octanol–water partition coefficient (Wildman–Crippen LogP) is 2.86. The number of aromatic nitrogens is 3. The van der Waals surface area contributed by atoms with E-state index < -0.39 is 0 Å². The molecule has 3 N–H and O–H groups in total. The number of pyridine rings is 1. The Balaban J connectivity index is 1.39. The van der Waals surface area contributed by atoms with E-state index in [1.165, 1.54) is 11.3 Å². The van der Waals surface area contributed by atoms with Gasteiger partial charge >= 0.3 is 0 Å². The standard InChI is InChI=1S/C23H23N7OS/c1-13-10-25-20-19-15-2-3-16(14-11-26-23(27-12-14)30-8-6-24-7-9-30)29-17(15)4-5-18(19)32-21(20)22(31)28-13/h2-5,11-13,24-25H,6-10H2,1H3,(H,28,31)/t13-/m1/s1. The predicted molar refractivity (Wildman–Crippen MR) is 129 cm³/mol. The van der Waals surface area contributed by atoms with Crippen LogP contribution in [0.3, 0.4) is 0 Å². The normalized spacial score (nSPS) is 18.8. The van der Waals surface area contributed by atoms with Crippen LogP contribution in [0.1, 0.15) is 16.6 Å². The highest BCUT2D eigenvalue weighted by molar-refractivity contribution is 7.21. The van der Waals surface area contributed by atoms with Crippen molar-refractivity contribution in [1.29, 1.82) is 0 Å². The van der Waals surface area contributed by atoms with E-state index in [2.05, 4.69) is 43.0 Å². The second-order valence-electron chi connectivity index (χ2n) is 8.27. The fraction of sp³-hybridized carbons (Fsp3) is 0.304. The first-order chi connectivity index (χ1) is 15.7. The van der Waals surface area contributed by atoms with Crippen molar-refractivity contribution < 1.29 is 4.79 Å². The monoisotopic (exact) mass is 445 g/mol. The van der Waals surface area contributed by atoms with Gasteiger partial charge in [0.25, 0.3) is 5.91 Å². The topological polar surface area (TPSA) is 95.1 Å². The van der Waals surface area contributed by atoms with Crippen LogP contribution in [0.2, 0.25) is 0 Å². The second kappa shape index (κ2) is 7.68. The molecule has 0 radical (unpaired) electrons. The van der Waals surface area contributed by atoms with E-state index >= 15 is 0 Å². The molecule has 1 atom stereocenters. The number of carbonyl (C=O) groups is 1. The molecule has 0 bridgehead atoms. The second-order valence-corrected chi connectivity index (χ2v) is 9.32. The molecule has 4 aromatic rings. The fourth-order valence-corrected chi connectivity index (χ4v) is 5.47.